The lowest BCUT2D eigenvalue weighted by Crippen LogP contribution is -2.29. The maximum Gasteiger partial charge on any atom is 0.339 e. The number of ether oxygens (including phenoxy) is 2. The van der Waals surface area contributed by atoms with E-state index >= 15 is 0 Å². The Kier molecular flexibility index (Phi) is 7.56. The molecule has 2 amide bonds. The summed E-state index contributed by atoms with van der Waals surface area (Å²) in [4.78, 5) is 36.3. The molecule has 0 spiro atoms. The topological polar surface area (TPSA) is 93.7 Å². The number of allylic oxidation sites excluding steroid dienone is 1. The maximum absolute atomic E-state index is 14.2. The van der Waals surface area contributed by atoms with Crippen LogP contribution in [0.3, 0.4) is 0 Å². The van der Waals surface area contributed by atoms with E-state index in [9.17, 15) is 18.8 Å². The van der Waals surface area contributed by atoms with Crippen LogP contribution in [0.25, 0.3) is 0 Å². The Balaban J connectivity index is 2.16. The van der Waals surface area contributed by atoms with Gasteiger partial charge in [-0.15, -0.1) is 0 Å². The number of hydrogen-bond donors (Lipinski definition) is 2. The number of rotatable bonds is 6. The largest absolute Gasteiger partial charge is 0.463 e. The minimum atomic E-state index is -0.728. The van der Waals surface area contributed by atoms with E-state index < -0.39 is 23.8 Å². The van der Waals surface area contributed by atoms with Crippen molar-refractivity contribution in [2.45, 2.75) is 46.1 Å². The van der Waals surface area contributed by atoms with E-state index in [4.69, 9.17) is 9.47 Å². The van der Waals surface area contributed by atoms with Gasteiger partial charge in [0.2, 0.25) is 0 Å². The smallest absolute Gasteiger partial charge is 0.339 e. The minimum absolute atomic E-state index is 0.0812. The van der Waals surface area contributed by atoms with Crippen LogP contribution in [-0.2, 0) is 14.3 Å². The third-order valence-electron chi connectivity index (χ3n) is 3.87. The number of esters is 2. The highest BCUT2D eigenvalue weighted by Gasteiger charge is 2.24. The number of benzene rings is 1. The Hall–Kier alpha value is -2.42. The van der Waals surface area contributed by atoms with Crippen LogP contribution in [0.2, 0.25) is 0 Å². The fourth-order valence-corrected chi connectivity index (χ4v) is 3.17. The van der Waals surface area contributed by atoms with Crippen molar-refractivity contribution < 1.29 is 28.2 Å². The average molecular weight is 457 g/mol. The summed E-state index contributed by atoms with van der Waals surface area (Å²) in [6.45, 7) is 5.32. The summed E-state index contributed by atoms with van der Waals surface area (Å²) in [6.07, 6.45) is 1.38. The van der Waals surface area contributed by atoms with Gasteiger partial charge in [0.15, 0.2) is 0 Å². The molecule has 0 heterocycles. The number of halogens is 2. The van der Waals surface area contributed by atoms with Crippen LogP contribution in [0, 0.1) is 5.82 Å². The minimum Gasteiger partial charge on any atom is -0.463 e. The SMILES string of the molecule is CCOC(=O)C1=C(NC(=O)Nc2cc(C(=O)OC(C)C)c(Br)cc2F)CCC1. The number of hydrogen-bond acceptors (Lipinski definition) is 5. The molecule has 1 aliphatic rings. The van der Waals surface area contributed by atoms with Crippen LogP contribution in [-0.4, -0.2) is 30.7 Å². The highest BCUT2D eigenvalue weighted by molar-refractivity contribution is 9.10. The van der Waals surface area contributed by atoms with Gasteiger partial charge in [-0.1, -0.05) is 0 Å². The van der Waals surface area contributed by atoms with E-state index in [1.54, 1.807) is 20.8 Å². The molecule has 0 saturated heterocycles. The molecule has 0 aliphatic heterocycles. The molecule has 0 saturated carbocycles. The van der Waals surface area contributed by atoms with Crippen molar-refractivity contribution in [3.8, 4) is 0 Å². The lowest BCUT2D eigenvalue weighted by molar-refractivity contribution is -0.138. The third-order valence-corrected chi connectivity index (χ3v) is 4.53. The number of urea groups is 1. The van der Waals surface area contributed by atoms with Gasteiger partial charge in [0.05, 0.1) is 29.5 Å². The molecule has 1 aromatic carbocycles. The summed E-state index contributed by atoms with van der Waals surface area (Å²) in [7, 11) is 0. The molecule has 1 aliphatic carbocycles. The summed E-state index contributed by atoms with van der Waals surface area (Å²) in [5.41, 5.74) is 0.757. The van der Waals surface area contributed by atoms with E-state index in [1.807, 2.05) is 0 Å². The second-order valence-corrected chi connectivity index (χ2v) is 7.23. The zero-order valence-corrected chi connectivity index (χ0v) is 17.4. The van der Waals surface area contributed by atoms with Crippen LogP contribution in [0.4, 0.5) is 14.9 Å². The third kappa shape index (κ3) is 5.54. The molecule has 0 aromatic heterocycles. The maximum atomic E-state index is 14.2. The zero-order valence-electron chi connectivity index (χ0n) is 15.9. The lowest BCUT2D eigenvalue weighted by atomic mass is 10.2. The number of carbonyl (C=O) groups is 3. The highest BCUT2D eigenvalue weighted by atomic mass is 79.9. The van der Waals surface area contributed by atoms with Crippen LogP contribution in [0.15, 0.2) is 27.9 Å². The first kappa shape index (κ1) is 21.9. The molecule has 2 rings (SSSR count). The summed E-state index contributed by atoms with van der Waals surface area (Å²) < 4.78 is 24.5. The van der Waals surface area contributed by atoms with Crippen molar-refractivity contribution in [3.05, 3.63) is 39.3 Å². The summed E-state index contributed by atoms with van der Waals surface area (Å²) in [5, 5.41) is 4.94. The fourth-order valence-electron chi connectivity index (χ4n) is 2.69. The zero-order chi connectivity index (χ0) is 20.8. The Morgan fingerprint density at radius 1 is 1.18 bits per heavy atom. The summed E-state index contributed by atoms with van der Waals surface area (Å²) >= 11 is 3.12. The molecular formula is C19H22BrFN2O5. The van der Waals surface area contributed by atoms with E-state index in [0.717, 1.165) is 6.07 Å². The van der Waals surface area contributed by atoms with Crippen molar-refractivity contribution in [2.75, 3.05) is 11.9 Å². The molecule has 1 aromatic rings. The molecule has 2 N–H and O–H groups in total. The van der Waals surface area contributed by atoms with Crippen molar-refractivity contribution >= 4 is 39.6 Å². The van der Waals surface area contributed by atoms with E-state index in [0.29, 0.717) is 30.5 Å². The second-order valence-electron chi connectivity index (χ2n) is 6.38. The monoisotopic (exact) mass is 456 g/mol. The van der Waals surface area contributed by atoms with Crippen LogP contribution in [0.5, 0.6) is 0 Å². The number of anilines is 1. The number of carbonyl (C=O) groups excluding carboxylic acids is 3. The summed E-state index contributed by atoms with van der Waals surface area (Å²) in [6, 6.07) is 1.55. The van der Waals surface area contributed by atoms with E-state index in [-0.39, 0.29) is 28.4 Å². The molecule has 0 unspecified atom stereocenters. The van der Waals surface area contributed by atoms with Crippen molar-refractivity contribution in [3.63, 3.8) is 0 Å². The Labute approximate surface area is 170 Å². The van der Waals surface area contributed by atoms with Gasteiger partial charge in [0, 0.05) is 10.2 Å². The fraction of sp³-hybridized carbons (Fsp3) is 0.421. The number of nitrogens with one attached hydrogen (secondary N) is 2. The quantitative estimate of drug-likeness (QED) is 0.623. The van der Waals surface area contributed by atoms with Gasteiger partial charge < -0.3 is 20.1 Å². The predicted molar refractivity (Wildman–Crippen MR) is 104 cm³/mol. The van der Waals surface area contributed by atoms with Crippen LogP contribution >= 0.6 is 15.9 Å². The van der Waals surface area contributed by atoms with Gasteiger partial charge in [-0.2, -0.15) is 0 Å². The Morgan fingerprint density at radius 3 is 2.54 bits per heavy atom. The molecule has 9 heteroatoms. The molecule has 0 fully saturated rings. The molecule has 152 valence electrons. The van der Waals surface area contributed by atoms with Crippen molar-refractivity contribution in [1.82, 2.24) is 5.32 Å². The Morgan fingerprint density at radius 2 is 1.89 bits per heavy atom. The van der Waals surface area contributed by atoms with E-state index in [1.165, 1.54) is 6.07 Å². The van der Waals surface area contributed by atoms with Gasteiger partial charge in [-0.25, -0.2) is 18.8 Å². The van der Waals surface area contributed by atoms with Crippen molar-refractivity contribution in [2.24, 2.45) is 0 Å². The Bertz CT molecular complexity index is 823. The average Bonchev–Trinajstić information content (AvgIpc) is 3.04. The van der Waals surface area contributed by atoms with Gasteiger partial charge >= 0.3 is 18.0 Å². The highest BCUT2D eigenvalue weighted by Crippen LogP contribution is 2.27. The second kappa shape index (κ2) is 9.68. The molecular weight excluding hydrogens is 435 g/mol. The van der Waals surface area contributed by atoms with Crippen molar-refractivity contribution in [1.29, 1.82) is 0 Å². The summed E-state index contributed by atoms with van der Waals surface area (Å²) in [5.74, 6) is -1.84. The van der Waals surface area contributed by atoms with Gasteiger partial charge in [-0.3, -0.25) is 0 Å². The first-order valence-corrected chi connectivity index (χ1v) is 9.69. The predicted octanol–water partition coefficient (Wildman–Crippen LogP) is 4.28. The number of amides is 2. The molecule has 7 nitrogen and oxygen atoms in total. The molecule has 0 atom stereocenters. The normalized spacial score (nSPS) is 13.5. The van der Waals surface area contributed by atoms with Gasteiger partial charge in [0.1, 0.15) is 5.82 Å². The molecule has 0 bridgehead atoms. The van der Waals surface area contributed by atoms with Crippen LogP contribution in [0.1, 0.15) is 50.4 Å². The van der Waals surface area contributed by atoms with Crippen LogP contribution < -0.4 is 10.6 Å². The lowest BCUT2D eigenvalue weighted by Gasteiger charge is -2.13. The standard InChI is InChI=1S/C19H22BrFN2O5/c1-4-27-17(24)11-6-5-7-15(11)22-19(26)23-16-8-12(13(20)9-14(16)21)18(25)28-10(2)3/h8-10H,4-7H2,1-3H3,(H2,22,23,26). The molecule has 28 heavy (non-hydrogen) atoms. The first-order valence-electron chi connectivity index (χ1n) is 8.90. The van der Waals surface area contributed by atoms with E-state index in [2.05, 4.69) is 26.6 Å². The van der Waals surface area contributed by atoms with Gasteiger partial charge in [-0.05, 0) is 68.1 Å². The van der Waals surface area contributed by atoms with Gasteiger partial charge in [0.25, 0.3) is 0 Å². The first-order chi connectivity index (χ1) is 13.2. The molecule has 0 radical (unpaired) electrons.